The van der Waals surface area contributed by atoms with Gasteiger partial charge in [-0.2, -0.15) is 26.3 Å². The molecule has 0 aromatic carbocycles. The van der Waals surface area contributed by atoms with Gasteiger partial charge >= 0.3 is 11.0 Å². The van der Waals surface area contributed by atoms with E-state index in [0.29, 0.717) is 6.54 Å². The lowest BCUT2D eigenvalue weighted by Gasteiger charge is -2.23. The zero-order valence-corrected chi connectivity index (χ0v) is 15.4. The lowest BCUT2D eigenvalue weighted by atomic mass is 10.5. The summed E-state index contributed by atoms with van der Waals surface area (Å²) in [4.78, 5) is 10.7. The van der Waals surface area contributed by atoms with E-state index in [-0.39, 0.29) is 5.91 Å². The van der Waals surface area contributed by atoms with Crippen molar-refractivity contribution in [3.05, 3.63) is 16.8 Å². The summed E-state index contributed by atoms with van der Waals surface area (Å²) in [5.74, 6) is -0.0987. The van der Waals surface area contributed by atoms with Gasteiger partial charge in [0.05, 0.1) is 34.2 Å². The van der Waals surface area contributed by atoms with Crippen LogP contribution in [0.5, 0.6) is 0 Å². The number of nitrogens with zero attached hydrogens (tertiary/aromatic N) is 2. The van der Waals surface area contributed by atoms with E-state index < -0.39 is 31.1 Å². The van der Waals surface area contributed by atoms with E-state index in [4.69, 9.17) is 0 Å². The van der Waals surface area contributed by atoms with Crippen molar-refractivity contribution in [3.8, 4) is 0 Å². The number of rotatable bonds is 6. The van der Waals surface area contributed by atoms with Crippen molar-refractivity contribution in [1.82, 2.24) is 5.32 Å². The molecule has 0 aliphatic carbocycles. The molecule has 0 bridgehead atoms. The molecule has 0 saturated carbocycles. The quantitative estimate of drug-likeness (QED) is 0.379. The number of halogens is 6. The van der Waals surface area contributed by atoms with Crippen LogP contribution in [0, 0.1) is 0 Å². The van der Waals surface area contributed by atoms with Crippen LogP contribution in [0.25, 0.3) is 4.13 Å². The molecule has 0 spiro atoms. The highest BCUT2D eigenvalue weighted by molar-refractivity contribution is 8.13. The summed E-state index contributed by atoms with van der Waals surface area (Å²) in [6.45, 7) is 4.99. The van der Waals surface area contributed by atoms with Crippen LogP contribution >= 0.6 is 0 Å². The monoisotopic (exact) mass is 437 g/mol. The van der Waals surface area contributed by atoms with Crippen molar-refractivity contribution in [2.45, 2.75) is 11.0 Å². The Morgan fingerprint density at radius 3 is 1.58 bits per heavy atom. The number of alkyl halides is 6. The van der Waals surface area contributed by atoms with Crippen molar-refractivity contribution < 1.29 is 52.5 Å². The van der Waals surface area contributed by atoms with E-state index in [9.17, 15) is 48.0 Å². The number of carbonyl (C=O) groups is 1. The number of likely N-dealkylation sites (N-methyl/N-ethyl adjacent to an activating group) is 1. The predicted octanol–water partition coefficient (Wildman–Crippen LogP) is 1.05. The van der Waals surface area contributed by atoms with E-state index in [0.717, 1.165) is 15.2 Å². The molecule has 0 aromatic heterocycles. The second kappa shape index (κ2) is 9.01. The average molecular weight is 437 g/mol. The Labute approximate surface area is 146 Å². The van der Waals surface area contributed by atoms with Crippen LogP contribution in [0.3, 0.4) is 0 Å². The summed E-state index contributed by atoms with van der Waals surface area (Å²) in [5, 5.41) is 2.72. The van der Waals surface area contributed by atoms with Gasteiger partial charge in [-0.05, 0) is 6.08 Å². The van der Waals surface area contributed by atoms with Gasteiger partial charge in [-0.3, -0.25) is 4.79 Å². The molecule has 0 atom stereocenters. The van der Waals surface area contributed by atoms with Gasteiger partial charge in [0.15, 0.2) is 20.0 Å². The highest BCUT2D eigenvalue weighted by Gasteiger charge is 2.46. The standard InChI is InChI=1S/C8H16N2O.C2F6NO4S2/c1-5-8(11)9-6-7-10(2,3)4;3-1(4,5)14(10,11)9-15(12,13)2(6,7)8/h5H,1,6-7H2,2-4H3;/q;-1/p+1. The van der Waals surface area contributed by atoms with E-state index in [1.165, 1.54) is 6.08 Å². The Morgan fingerprint density at radius 2 is 1.35 bits per heavy atom. The van der Waals surface area contributed by atoms with Gasteiger partial charge in [0.25, 0.3) is 0 Å². The van der Waals surface area contributed by atoms with Gasteiger partial charge in [0.1, 0.15) is 0 Å². The first-order valence-electron chi connectivity index (χ1n) is 6.24. The fourth-order valence-corrected chi connectivity index (χ4v) is 2.51. The molecule has 16 heteroatoms. The molecule has 0 saturated heterocycles. The van der Waals surface area contributed by atoms with Gasteiger partial charge in [-0.1, -0.05) is 6.58 Å². The van der Waals surface area contributed by atoms with Crippen molar-refractivity contribution in [3.63, 3.8) is 0 Å². The number of nitrogens with one attached hydrogen (secondary N) is 1. The maximum atomic E-state index is 11.4. The number of sulfonamides is 2. The van der Waals surface area contributed by atoms with Crippen LogP contribution < -0.4 is 5.32 Å². The summed E-state index contributed by atoms with van der Waals surface area (Å²) in [6, 6.07) is 0. The zero-order chi connectivity index (χ0) is 21.6. The van der Waals surface area contributed by atoms with Gasteiger partial charge in [-0.15, -0.1) is 0 Å². The molecule has 1 N–H and O–H groups in total. The fraction of sp³-hybridized carbons (Fsp3) is 0.700. The highest BCUT2D eigenvalue weighted by atomic mass is 32.3. The van der Waals surface area contributed by atoms with Crippen molar-refractivity contribution >= 4 is 26.0 Å². The number of carbonyl (C=O) groups excluding carboxylic acids is 1. The SMILES string of the molecule is C=CC(=O)NCC[N+](C)(C)C.O=S(=O)([N-]S(=O)(=O)C(F)(F)F)C(F)(F)F. The number of amides is 1. The molecule has 0 rings (SSSR count). The normalized spacial score (nSPS) is 13.4. The van der Waals surface area contributed by atoms with Gasteiger partial charge in [0.2, 0.25) is 5.91 Å². The molecule has 156 valence electrons. The van der Waals surface area contributed by atoms with Gasteiger partial charge in [0, 0.05) is 0 Å². The van der Waals surface area contributed by atoms with Crippen LogP contribution in [-0.2, 0) is 24.8 Å². The van der Waals surface area contributed by atoms with E-state index in [1.807, 2.05) is 0 Å². The largest absolute Gasteiger partial charge is 0.480 e. The summed E-state index contributed by atoms with van der Waals surface area (Å²) >= 11 is 0. The summed E-state index contributed by atoms with van der Waals surface area (Å²) < 4.78 is 110. The third-order valence-corrected chi connectivity index (χ3v) is 4.79. The first kappa shape index (κ1) is 26.8. The first-order chi connectivity index (χ1) is 11.2. The topological polar surface area (TPSA) is 111 Å². The second-order valence-corrected chi connectivity index (χ2v) is 8.85. The highest BCUT2D eigenvalue weighted by Crippen LogP contribution is 2.36. The molecule has 0 heterocycles. The minimum atomic E-state index is -6.72. The minimum absolute atomic E-state index is 0.0987. The summed E-state index contributed by atoms with van der Waals surface area (Å²) in [5.41, 5.74) is -12.4. The zero-order valence-electron chi connectivity index (χ0n) is 13.7. The number of hydrogen-bond donors (Lipinski definition) is 1. The van der Waals surface area contributed by atoms with Crippen molar-refractivity contribution in [2.75, 3.05) is 34.2 Å². The van der Waals surface area contributed by atoms with Crippen LogP contribution in [0.15, 0.2) is 12.7 Å². The van der Waals surface area contributed by atoms with Crippen LogP contribution in [0.1, 0.15) is 0 Å². The Hall–Kier alpha value is -1.39. The predicted molar refractivity (Wildman–Crippen MR) is 79.4 cm³/mol. The Balaban J connectivity index is 0. The Morgan fingerprint density at radius 1 is 1.00 bits per heavy atom. The van der Waals surface area contributed by atoms with E-state index in [1.54, 1.807) is 0 Å². The second-order valence-electron chi connectivity index (χ2n) is 5.43. The smallest absolute Gasteiger partial charge is 0.421 e. The molecule has 0 aliphatic rings. The number of hydrogen-bond acceptors (Lipinski definition) is 5. The molecular weight excluding hydrogens is 420 g/mol. The molecular formula is C10H17F6N3O5S2. The summed E-state index contributed by atoms with van der Waals surface area (Å²) in [7, 11) is -7.19. The molecule has 0 aliphatic heterocycles. The molecule has 0 unspecified atom stereocenters. The Bertz CT molecular complexity index is 650. The van der Waals surface area contributed by atoms with Gasteiger partial charge in [-0.25, -0.2) is 16.8 Å². The minimum Gasteiger partial charge on any atom is -0.421 e. The van der Waals surface area contributed by atoms with Crippen LogP contribution in [0.2, 0.25) is 0 Å². The van der Waals surface area contributed by atoms with E-state index >= 15 is 0 Å². The average Bonchev–Trinajstić information content (AvgIpc) is 2.33. The van der Waals surface area contributed by atoms with Crippen LogP contribution in [0.4, 0.5) is 26.3 Å². The van der Waals surface area contributed by atoms with Crippen LogP contribution in [-0.4, -0.2) is 72.5 Å². The molecule has 1 amide bonds. The van der Waals surface area contributed by atoms with Crippen molar-refractivity contribution in [2.24, 2.45) is 0 Å². The molecule has 8 nitrogen and oxygen atoms in total. The third kappa shape index (κ3) is 10.6. The molecule has 0 radical (unpaired) electrons. The lowest BCUT2D eigenvalue weighted by molar-refractivity contribution is -0.869. The maximum Gasteiger partial charge on any atom is 0.480 e. The first-order valence-corrected chi connectivity index (χ1v) is 9.12. The summed E-state index contributed by atoms with van der Waals surface area (Å²) in [6.07, 6.45) is 1.29. The number of quaternary nitrogens is 1. The Kier molecular flexibility index (Phi) is 9.29. The van der Waals surface area contributed by atoms with E-state index in [2.05, 4.69) is 33.0 Å². The maximum absolute atomic E-state index is 11.4. The molecule has 0 fully saturated rings. The van der Waals surface area contributed by atoms with Gasteiger partial charge < -0.3 is 13.9 Å². The lowest BCUT2D eigenvalue weighted by Crippen LogP contribution is -2.41. The fourth-order valence-electron chi connectivity index (χ4n) is 0.800. The van der Waals surface area contributed by atoms with Crippen molar-refractivity contribution in [1.29, 1.82) is 0 Å². The molecule has 26 heavy (non-hydrogen) atoms. The third-order valence-electron chi connectivity index (χ3n) is 2.05. The molecule has 0 aromatic rings.